The van der Waals surface area contributed by atoms with Gasteiger partial charge in [-0.25, -0.2) is 0 Å². The minimum Gasteiger partial charge on any atom is -0.390 e. The van der Waals surface area contributed by atoms with E-state index in [9.17, 15) is 5.11 Å². The molecule has 0 rings (SSSR count). The van der Waals surface area contributed by atoms with Gasteiger partial charge in [-0.05, 0) is 19.3 Å². The molecular formula is C37H79NO. The molecule has 2 nitrogen and oxygen atoms in total. The Morgan fingerprint density at radius 1 is 0.282 bits per heavy atom. The number of unbranched alkanes of at least 4 members (excludes halogenated alkanes) is 27. The van der Waals surface area contributed by atoms with E-state index in [-0.39, 0.29) is 11.8 Å². The van der Waals surface area contributed by atoms with Gasteiger partial charge in [-0.1, -0.05) is 213 Å². The summed E-state index contributed by atoms with van der Waals surface area (Å²) in [6, 6.07) is 0. The molecule has 0 aliphatic heterocycles. The summed E-state index contributed by atoms with van der Waals surface area (Å²) < 4.78 is 0. The number of rotatable bonds is 33. The molecule has 0 aliphatic carbocycles. The monoisotopic (exact) mass is 554 g/mol. The maximum absolute atomic E-state index is 11.6. The first-order valence-corrected chi connectivity index (χ1v) is 18.4. The van der Waals surface area contributed by atoms with Crippen LogP contribution in [0.15, 0.2) is 0 Å². The minimum atomic E-state index is -0.375. The van der Waals surface area contributed by atoms with Gasteiger partial charge in [-0.15, -0.1) is 0 Å². The molecule has 0 bridgehead atoms. The van der Waals surface area contributed by atoms with Gasteiger partial charge in [0.05, 0.1) is 5.60 Å². The quantitative estimate of drug-likeness (QED) is 0.0794. The molecule has 0 amide bonds. The van der Waals surface area contributed by atoms with E-state index in [1.807, 2.05) is 0 Å². The zero-order chi connectivity index (χ0) is 27.8. The lowest BCUT2D eigenvalue weighted by molar-refractivity contribution is 0.00704. The van der Waals surface area contributed by atoms with E-state index in [0.717, 1.165) is 19.3 Å². The molecule has 0 saturated heterocycles. The summed E-state index contributed by atoms with van der Waals surface area (Å²) in [5, 5.41) is 11.6. The molecule has 238 valence electrons. The summed E-state index contributed by atoms with van der Waals surface area (Å²) >= 11 is 0. The van der Waals surface area contributed by atoms with E-state index in [4.69, 9.17) is 0 Å². The summed E-state index contributed by atoms with van der Waals surface area (Å²) in [6.07, 6.45) is 44.6. The molecule has 39 heavy (non-hydrogen) atoms. The predicted octanol–water partition coefficient (Wildman–Crippen LogP) is 13.8. The molecule has 2 heteroatoms. The smallest absolute Gasteiger partial charge is 0.0647 e. The molecule has 0 aliphatic rings. The molecule has 0 heterocycles. The van der Waals surface area contributed by atoms with Crippen LogP contribution in [0.4, 0.5) is 0 Å². The van der Waals surface area contributed by atoms with E-state index in [0.29, 0.717) is 0 Å². The average molecular weight is 554 g/mol. The number of hydrogen-bond acceptors (Lipinski definition) is 2. The highest BCUT2D eigenvalue weighted by Crippen LogP contribution is 2.29. The normalized spacial score (nSPS) is 11.7. The second kappa shape index (κ2) is 34.1. The van der Waals surface area contributed by atoms with Gasteiger partial charge < -0.3 is 11.3 Å². The summed E-state index contributed by atoms with van der Waals surface area (Å²) in [5.41, 5.74) is -0.375. The third-order valence-corrected chi connectivity index (χ3v) is 8.99. The first-order chi connectivity index (χ1) is 18.7. The van der Waals surface area contributed by atoms with Crippen LogP contribution in [0.25, 0.3) is 0 Å². The summed E-state index contributed by atoms with van der Waals surface area (Å²) in [4.78, 5) is 0. The molecule has 0 spiro atoms. The third kappa shape index (κ3) is 32.3. The Balaban J connectivity index is 0. The van der Waals surface area contributed by atoms with E-state index in [1.165, 1.54) is 193 Å². The summed E-state index contributed by atoms with van der Waals surface area (Å²) in [7, 11) is 0. The Hall–Kier alpha value is -0.0800. The number of aliphatic hydroxyl groups is 1. The van der Waals surface area contributed by atoms with E-state index in [2.05, 4.69) is 20.8 Å². The Morgan fingerprint density at radius 2 is 0.436 bits per heavy atom. The maximum Gasteiger partial charge on any atom is 0.0647 e. The van der Waals surface area contributed by atoms with E-state index >= 15 is 0 Å². The number of hydrogen-bond donors (Lipinski definition) is 2. The van der Waals surface area contributed by atoms with Crippen molar-refractivity contribution in [2.45, 2.75) is 238 Å². The fourth-order valence-corrected chi connectivity index (χ4v) is 6.20. The van der Waals surface area contributed by atoms with Crippen LogP contribution in [0.2, 0.25) is 0 Å². The molecule has 0 atom stereocenters. The van der Waals surface area contributed by atoms with Gasteiger partial charge in [-0.2, -0.15) is 0 Å². The lowest BCUT2D eigenvalue weighted by Gasteiger charge is -2.29. The van der Waals surface area contributed by atoms with Crippen molar-refractivity contribution in [3.8, 4) is 0 Å². The standard InChI is InChI=1S/C37H76O.H3N/c1-4-7-10-13-16-19-22-25-28-31-34-37(38,35-32-29-26-23-20-17-14-11-8-5-2)36-33-30-27-24-21-18-15-12-9-6-3;/h38H,4-36H2,1-3H3;1H3. The van der Waals surface area contributed by atoms with Gasteiger partial charge >= 0.3 is 0 Å². The van der Waals surface area contributed by atoms with E-state index in [1.54, 1.807) is 0 Å². The van der Waals surface area contributed by atoms with Crippen molar-refractivity contribution in [1.29, 1.82) is 0 Å². The van der Waals surface area contributed by atoms with Gasteiger partial charge in [0, 0.05) is 0 Å². The van der Waals surface area contributed by atoms with Crippen LogP contribution in [0.3, 0.4) is 0 Å². The highest BCUT2D eigenvalue weighted by molar-refractivity contribution is 4.78. The van der Waals surface area contributed by atoms with Crippen molar-refractivity contribution >= 4 is 0 Å². The maximum atomic E-state index is 11.6. The Kier molecular flexibility index (Phi) is 35.9. The van der Waals surface area contributed by atoms with Crippen LogP contribution >= 0.6 is 0 Å². The fourth-order valence-electron chi connectivity index (χ4n) is 6.20. The first-order valence-electron chi connectivity index (χ1n) is 18.4. The van der Waals surface area contributed by atoms with Crippen LogP contribution in [0, 0.1) is 0 Å². The SMILES string of the molecule is CCCCCCCCCCCCC(O)(CCCCCCCCCCCC)CCCCCCCCCCCC.N. The van der Waals surface area contributed by atoms with Crippen molar-refractivity contribution in [2.75, 3.05) is 0 Å². The van der Waals surface area contributed by atoms with E-state index < -0.39 is 0 Å². The molecule has 0 fully saturated rings. The highest BCUT2D eigenvalue weighted by Gasteiger charge is 2.25. The molecule has 0 aromatic rings. The third-order valence-electron chi connectivity index (χ3n) is 8.99. The fraction of sp³-hybridized carbons (Fsp3) is 1.00. The topological polar surface area (TPSA) is 55.2 Å². The minimum absolute atomic E-state index is 0. The van der Waals surface area contributed by atoms with Crippen molar-refractivity contribution < 1.29 is 5.11 Å². The predicted molar refractivity (Wildman–Crippen MR) is 179 cm³/mol. The van der Waals surface area contributed by atoms with Crippen LogP contribution in [0.1, 0.15) is 233 Å². The van der Waals surface area contributed by atoms with Crippen molar-refractivity contribution in [2.24, 2.45) is 0 Å². The molecular weight excluding hydrogens is 474 g/mol. The molecule has 0 unspecified atom stereocenters. The van der Waals surface area contributed by atoms with Crippen molar-refractivity contribution in [3.05, 3.63) is 0 Å². The second-order valence-electron chi connectivity index (χ2n) is 13.0. The Bertz CT molecular complexity index is 364. The van der Waals surface area contributed by atoms with Gasteiger partial charge in [0.15, 0.2) is 0 Å². The van der Waals surface area contributed by atoms with Gasteiger partial charge in [0.2, 0.25) is 0 Å². The zero-order valence-electron chi connectivity index (χ0n) is 28.0. The summed E-state index contributed by atoms with van der Waals surface area (Å²) in [5.74, 6) is 0. The largest absolute Gasteiger partial charge is 0.390 e. The van der Waals surface area contributed by atoms with Gasteiger partial charge in [-0.3, -0.25) is 0 Å². The average Bonchev–Trinajstić information content (AvgIpc) is 2.92. The van der Waals surface area contributed by atoms with Gasteiger partial charge in [0.25, 0.3) is 0 Å². The van der Waals surface area contributed by atoms with Crippen molar-refractivity contribution in [1.82, 2.24) is 6.15 Å². The molecule has 0 saturated carbocycles. The second-order valence-corrected chi connectivity index (χ2v) is 13.0. The molecule has 0 aromatic carbocycles. The Morgan fingerprint density at radius 3 is 0.615 bits per heavy atom. The molecule has 0 aromatic heterocycles. The lowest BCUT2D eigenvalue weighted by atomic mass is 9.85. The van der Waals surface area contributed by atoms with Crippen LogP contribution in [-0.2, 0) is 0 Å². The van der Waals surface area contributed by atoms with Crippen LogP contribution in [-0.4, -0.2) is 10.7 Å². The lowest BCUT2D eigenvalue weighted by Crippen LogP contribution is -2.28. The summed E-state index contributed by atoms with van der Waals surface area (Å²) in [6.45, 7) is 6.90. The highest BCUT2D eigenvalue weighted by atomic mass is 16.3. The van der Waals surface area contributed by atoms with Crippen LogP contribution < -0.4 is 6.15 Å². The molecule has 4 N–H and O–H groups in total. The zero-order valence-corrected chi connectivity index (χ0v) is 28.0. The first kappa shape index (κ1) is 41.1. The van der Waals surface area contributed by atoms with Crippen molar-refractivity contribution in [3.63, 3.8) is 0 Å². The Labute approximate surface area is 249 Å². The molecule has 0 radical (unpaired) electrons. The van der Waals surface area contributed by atoms with Gasteiger partial charge in [0.1, 0.15) is 0 Å². The van der Waals surface area contributed by atoms with Crippen LogP contribution in [0.5, 0.6) is 0 Å².